The molecule has 0 amide bonds. The first-order chi connectivity index (χ1) is 5.74. The van der Waals surface area contributed by atoms with Gasteiger partial charge in [0.15, 0.2) is 0 Å². The van der Waals surface area contributed by atoms with Gasteiger partial charge >= 0.3 is 0 Å². The molecule has 0 bridgehead atoms. The summed E-state index contributed by atoms with van der Waals surface area (Å²) in [5.41, 5.74) is 2.78. The SMILES string of the molecule is C/C=C(\C=C(C)C)N1CCCC1. The van der Waals surface area contributed by atoms with Crippen molar-refractivity contribution in [2.45, 2.75) is 33.6 Å². The molecule has 1 aliphatic heterocycles. The second kappa shape index (κ2) is 4.34. The summed E-state index contributed by atoms with van der Waals surface area (Å²) in [6.45, 7) is 8.90. The molecule has 0 aromatic rings. The van der Waals surface area contributed by atoms with E-state index in [1.807, 2.05) is 0 Å². The zero-order valence-corrected chi connectivity index (χ0v) is 8.43. The molecule has 68 valence electrons. The quantitative estimate of drug-likeness (QED) is 0.569. The van der Waals surface area contributed by atoms with E-state index < -0.39 is 0 Å². The molecule has 0 aliphatic carbocycles. The molecule has 0 N–H and O–H groups in total. The molecule has 0 atom stereocenters. The summed E-state index contributed by atoms with van der Waals surface area (Å²) in [5, 5.41) is 0. The number of likely N-dealkylation sites (tertiary alicyclic amines) is 1. The zero-order valence-electron chi connectivity index (χ0n) is 8.43. The lowest BCUT2D eigenvalue weighted by Gasteiger charge is -2.18. The lowest BCUT2D eigenvalue weighted by atomic mass is 10.2. The van der Waals surface area contributed by atoms with Crippen molar-refractivity contribution < 1.29 is 0 Å². The van der Waals surface area contributed by atoms with Gasteiger partial charge in [-0.15, -0.1) is 0 Å². The van der Waals surface area contributed by atoms with E-state index in [1.165, 1.54) is 37.2 Å². The van der Waals surface area contributed by atoms with Crippen LogP contribution in [0.2, 0.25) is 0 Å². The third kappa shape index (κ3) is 2.40. The van der Waals surface area contributed by atoms with Crippen LogP contribution in [0.4, 0.5) is 0 Å². The van der Waals surface area contributed by atoms with Crippen molar-refractivity contribution in [3.63, 3.8) is 0 Å². The third-order valence-electron chi connectivity index (χ3n) is 2.20. The maximum absolute atomic E-state index is 2.47. The maximum atomic E-state index is 2.47. The molecule has 0 aromatic heterocycles. The van der Waals surface area contributed by atoms with Crippen LogP contribution in [0.25, 0.3) is 0 Å². The summed E-state index contributed by atoms with van der Waals surface area (Å²) in [4.78, 5) is 2.47. The van der Waals surface area contributed by atoms with Gasteiger partial charge in [-0.05, 0) is 39.7 Å². The van der Waals surface area contributed by atoms with Gasteiger partial charge in [0.1, 0.15) is 0 Å². The Morgan fingerprint density at radius 1 is 1.17 bits per heavy atom. The smallest absolute Gasteiger partial charge is 0.0322 e. The topological polar surface area (TPSA) is 3.24 Å². The molecule has 12 heavy (non-hydrogen) atoms. The standard InChI is InChI=1S/C11H19N/c1-4-11(9-10(2)3)12-7-5-6-8-12/h4,9H,5-8H2,1-3H3/b11-4+. The predicted molar refractivity (Wildman–Crippen MR) is 54.0 cm³/mol. The Labute approximate surface area is 75.8 Å². The molecule has 1 fully saturated rings. The highest BCUT2D eigenvalue weighted by molar-refractivity contribution is 5.20. The van der Waals surface area contributed by atoms with Crippen LogP contribution in [0.1, 0.15) is 33.6 Å². The molecule has 1 saturated heterocycles. The van der Waals surface area contributed by atoms with Crippen LogP contribution in [0.15, 0.2) is 23.4 Å². The third-order valence-corrected chi connectivity index (χ3v) is 2.20. The van der Waals surface area contributed by atoms with Crippen LogP contribution >= 0.6 is 0 Å². The van der Waals surface area contributed by atoms with Crippen LogP contribution in [0.3, 0.4) is 0 Å². The first-order valence-electron chi connectivity index (χ1n) is 4.80. The Morgan fingerprint density at radius 3 is 2.17 bits per heavy atom. The van der Waals surface area contributed by atoms with Crippen LogP contribution in [0.5, 0.6) is 0 Å². The molecule has 0 spiro atoms. The Kier molecular flexibility index (Phi) is 3.39. The molecule has 1 rings (SSSR count). The van der Waals surface area contributed by atoms with Crippen molar-refractivity contribution in [3.05, 3.63) is 23.4 Å². The minimum absolute atomic E-state index is 1.24. The Hall–Kier alpha value is -0.720. The Balaban J connectivity index is 2.62. The summed E-state index contributed by atoms with van der Waals surface area (Å²) < 4.78 is 0. The van der Waals surface area contributed by atoms with Crippen LogP contribution in [-0.2, 0) is 0 Å². The van der Waals surface area contributed by atoms with Gasteiger partial charge < -0.3 is 4.90 Å². The molecule has 0 saturated carbocycles. The van der Waals surface area contributed by atoms with Crippen LogP contribution in [-0.4, -0.2) is 18.0 Å². The summed E-state index contributed by atoms with van der Waals surface area (Å²) in [5.74, 6) is 0. The molecule has 0 radical (unpaired) electrons. The van der Waals surface area contributed by atoms with E-state index in [0.29, 0.717) is 0 Å². The van der Waals surface area contributed by atoms with Crippen molar-refractivity contribution in [2.24, 2.45) is 0 Å². The molecule has 1 aliphatic rings. The van der Waals surface area contributed by atoms with E-state index in [0.717, 1.165) is 0 Å². The first-order valence-corrected chi connectivity index (χ1v) is 4.80. The van der Waals surface area contributed by atoms with Gasteiger partial charge in [0.2, 0.25) is 0 Å². The second-order valence-electron chi connectivity index (χ2n) is 3.63. The fourth-order valence-corrected chi connectivity index (χ4v) is 1.63. The lowest BCUT2D eigenvalue weighted by Crippen LogP contribution is -2.17. The van der Waals surface area contributed by atoms with Crippen molar-refractivity contribution in [1.29, 1.82) is 0 Å². The lowest BCUT2D eigenvalue weighted by molar-refractivity contribution is 0.439. The van der Waals surface area contributed by atoms with Gasteiger partial charge in [-0.1, -0.05) is 11.6 Å². The molecular formula is C11H19N. The highest BCUT2D eigenvalue weighted by Gasteiger charge is 2.11. The maximum Gasteiger partial charge on any atom is 0.0322 e. The summed E-state index contributed by atoms with van der Waals surface area (Å²) >= 11 is 0. The number of hydrogen-bond acceptors (Lipinski definition) is 1. The number of allylic oxidation sites excluding steroid dienone is 3. The highest BCUT2D eigenvalue weighted by atomic mass is 15.1. The first kappa shape index (κ1) is 9.37. The van der Waals surface area contributed by atoms with Crippen molar-refractivity contribution in [1.82, 2.24) is 4.90 Å². The summed E-state index contributed by atoms with van der Waals surface area (Å²) in [6.07, 6.45) is 7.19. The van der Waals surface area contributed by atoms with Gasteiger partial charge in [0, 0.05) is 18.8 Å². The zero-order chi connectivity index (χ0) is 8.97. The average Bonchev–Trinajstić information content (AvgIpc) is 2.51. The van der Waals surface area contributed by atoms with E-state index in [2.05, 4.69) is 37.8 Å². The minimum Gasteiger partial charge on any atom is -0.372 e. The van der Waals surface area contributed by atoms with Gasteiger partial charge in [0.25, 0.3) is 0 Å². The van der Waals surface area contributed by atoms with Gasteiger partial charge in [0.05, 0.1) is 0 Å². The fourth-order valence-electron chi connectivity index (χ4n) is 1.63. The van der Waals surface area contributed by atoms with E-state index in [-0.39, 0.29) is 0 Å². The number of hydrogen-bond donors (Lipinski definition) is 0. The van der Waals surface area contributed by atoms with Crippen molar-refractivity contribution in [2.75, 3.05) is 13.1 Å². The molecule has 1 heteroatoms. The second-order valence-corrected chi connectivity index (χ2v) is 3.63. The van der Waals surface area contributed by atoms with E-state index in [1.54, 1.807) is 0 Å². The molecule has 0 aromatic carbocycles. The van der Waals surface area contributed by atoms with E-state index in [9.17, 15) is 0 Å². The van der Waals surface area contributed by atoms with Gasteiger partial charge in [-0.3, -0.25) is 0 Å². The molecule has 0 unspecified atom stereocenters. The fraction of sp³-hybridized carbons (Fsp3) is 0.636. The summed E-state index contributed by atoms with van der Waals surface area (Å²) in [7, 11) is 0. The Morgan fingerprint density at radius 2 is 1.75 bits per heavy atom. The number of nitrogens with zero attached hydrogens (tertiary/aromatic N) is 1. The summed E-state index contributed by atoms with van der Waals surface area (Å²) in [6, 6.07) is 0. The highest BCUT2D eigenvalue weighted by Crippen LogP contribution is 2.16. The monoisotopic (exact) mass is 165 g/mol. The molecule has 1 heterocycles. The largest absolute Gasteiger partial charge is 0.372 e. The van der Waals surface area contributed by atoms with Gasteiger partial charge in [-0.25, -0.2) is 0 Å². The minimum atomic E-state index is 1.24. The van der Waals surface area contributed by atoms with Crippen LogP contribution in [0, 0.1) is 0 Å². The van der Waals surface area contributed by atoms with Crippen molar-refractivity contribution in [3.8, 4) is 0 Å². The van der Waals surface area contributed by atoms with E-state index >= 15 is 0 Å². The molecule has 1 nitrogen and oxygen atoms in total. The van der Waals surface area contributed by atoms with Crippen LogP contribution < -0.4 is 0 Å². The normalized spacial score (nSPS) is 18.2. The molecular weight excluding hydrogens is 146 g/mol. The van der Waals surface area contributed by atoms with E-state index in [4.69, 9.17) is 0 Å². The number of rotatable bonds is 2. The average molecular weight is 165 g/mol. The van der Waals surface area contributed by atoms with Gasteiger partial charge in [-0.2, -0.15) is 0 Å². The van der Waals surface area contributed by atoms with Crippen molar-refractivity contribution >= 4 is 0 Å². The predicted octanol–water partition coefficient (Wildman–Crippen LogP) is 2.95. The Bertz CT molecular complexity index is 191.